The van der Waals surface area contributed by atoms with Crippen molar-refractivity contribution in [2.45, 2.75) is 57.5 Å². The molecule has 2 aliphatic rings. The molecule has 34 heavy (non-hydrogen) atoms. The van der Waals surface area contributed by atoms with E-state index in [-0.39, 0.29) is 17.9 Å². The van der Waals surface area contributed by atoms with E-state index < -0.39 is 5.97 Å². The lowest BCUT2D eigenvalue weighted by Crippen LogP contribution is -2.35. The number of amides is 2. The van der Waals surface area contributed by atoms with Crippen molar-refractivity contribution in [3.8, 4) is 0 Å². The third-order valence-corrected chi connectivity index (χ3v) is 6.97. The van der Waals surface area contributed by atoms with Gasteiger partial charge in [0.15, 0.2) is 0 Å². The summed E-state index contributed by atoms with van der Waals surface area (Å²) in [4.78, 5) is 44.1. The largest absolute Gasteiger partial charge is 0.459 e. The molecule has 0 aliphatic carbocycles. The number of ether oxygens (including phenoxy) is 1. The lowest BCUT2D eigenvalue weighted by atomic mass is 10.2. The fourth-order valence-electron chi connectivity index (χ4n) is 4.15. The van der Waals surface area contributed by atoms with Gasteiger partial charge in [-0.25, -0.2) is 9.69 Å². The zero-order valence-corrected chi connectivity index (χ0v) is 20.7. The van der Waals surface area contributed by atoms with E-state index in [1.54, 1.807) is 38.1 Å². The van der Waals surface area contributed by atoms with Crippen molar-refractivity contribution in [2.24, 2.45) is 0 Å². The predicted molar refractivity (Wildman–Crippen MR) is 134 cm³/mol. The zero-order chi connectivity index (χ0) is 24.2. The molecule has 0 saturated carbocycles. The highest BCUT2D eigenvalue weighted by Crippen LogP contribution is 2.39. The van der Waals surface area contributed by atoms with Gasteiger partial charge in [0.1, 0.15) is 10.6 Å². The van der Waals surface area contributed by atoms with E-state index in [1.165, 1.54) is 16.7 Å². The molecule has 178 valence electrons. The monoisotopic (exact) mass is 478 g/mol. The van der Waals surface area contributed by atoms with Gasteiger partial charge in [-0.3, -0.25) is 9.59 Å². The molecule has 2 aromatic carbocycles. The number of aryl methyl sites for hydroxylation is 1. The van der Waals surface area contributed by atoms with Crippen LogP contribution in [0.25, 0.3) is 0 Å². The molecule has 1 saturated heterocycles. The van der Waals surface area contributed by atoms with Crippen LogP contribution in [0.1, 0.15) is 55.5 Å². The predicted octanol–water partition coefficient (Wildman–Crippen LogP) is 5.31. The van der Waals surface area contributed by atoms with E-state index >= 15 is 0 Å². The van der Waals surface area contributed by atoms with Crippen molar-refractivity contribution in [2.75, 3.05) is 18.0 Å². The summed E-state index contributed by atoms with van der Waals surface area (Å²) < 4.78 is 5.24. The highest BCUT2D eigenvalue weighted by Gasteiger charge is 2.42. The number of carbonyl (C=O) groups excluding carboxylic acids is 3. The maximum Gasteiger partial charge on any atom is 0.338 e. The van der Waals surface area contributed by atoms with Crippen LogP contribution in [-0.2, 0) is 14.3 Å². The third-order valence-electron chi connectivity index (χ3n) is 5.89. The van der Waals surface area contributed by atoms with Crippen LogP contribution in [0, 0.1) is 6.92 Å². The number of anilines is 1. The number of thioether (sulfide) groups is 1. The van der Waals surface area contributed by atoms with E-state index in [0.717, 1.165) is 49.2 Å². The van der Waals surface area contributed by atoms with E-state index in [2.05, 4.69) is 4.90 Å². The van der Waals surface area contributed by atoms with Gasteiger partial charge < -0.3 is 9.64 Å². The van der Waals surface area contributed by atoms with Crippen LogP contribution in [0.15, 0.2) is 64.0 Å². The summed E-state index contributed by atoms with van der Waals surface area (Å²) >= 11 is 1.35. The van der Waals surface area contributed by atoms with Gasteiger partial charge in [-0.05, 0) is 70.0 Å². The Hall–Kier alpha value is -3.06. The second kappa shape index (κ2) is 10.5. The Balaban J connectivity index is 1.66. The molecule has 0 aromatic heterocycles. The van der Waals surface area contributed by atoms with Gasteiger partial charge in [0, 0.05) is 18.0 Å². The van der Waals surface area contributed by atoms with Crippen LogP contribution < -0.4 is 4.90 Å². The van der Waals surface area contributed by atoms with Crippen LogP contribution in [0.2, 0.25) is 0 Å². The minimum Gasteiger partial charge on any atom is -0.459 e. The first-order valence-electron chi connectivity index (χ1n) is 11.8. The molecule has 2 aliphatic heterocycles. The smallest absolute Gasteiger partial charge is 0.338 e. The van der Waals surface area contributed by atoms with Gasteiger partial charge in [0.05, 0.1) is 17.4 Å². The molecule has 0 atom stereocenters. The molecule has 2 amide bonds. The number of rotatable bonds is 6. The Bertz CT molecular complexity index is 1100. The second-order valence-electron chi connectivity index (χ2n) is 8.94. The Labute approximate surface area is 205 Å². The highest BCUT2D eigenvalue weighted by atomic mass is 32.2. The normalized spacial score (nSPS) is 16.9. The minimum absolute atomic E-state index is 0.226. The molecule has 4 rings (SSSR count). The maximum atomic E-state index is 13.6. The molecule has 2 aromatic rings. The summed E-state index contributed by atoms with van der Waals surface area (Å²) in [5.74, 6) is -1.06. The summed E-state index contributed by atoms with van der Waals surface area (Å²) in [5, 5.41) is 0. The van der Waals surface area contributed by atoms with Crippen molar-refractivity contribution in [3.05, 3.63) is 70.3 Å². The molecular formula is C27H30N2O4S. The molecule has 0 spiro atoms. The van der Waals surface area contributed by atoms with Crippen molar-refractivity contribution in [1.29, 1.82) is 0 Å². The fourth-order valence-corrected chi connectivity index (χ4v) is 5.15. The number of likely N-dealkylation sites (tertiary alicyclic amines) is 1. The number of esters is 1. The molecule has 6 nitrogen and oxygen atoms in total. The molecule has 1 fully saturated rings. The van der Waals surface area contributed by atoms with Crippen LogP contribution in [-0.4, -0.2) is 41.9 Å². The van der Waals surface area contributed by atoms with Crippen molar-refractivity contribution < 1.29 is 19.1 Å². The summed E-state index contributed by atoms with van der Waals surface area (Å²) in [5.41, 5.74) is 2.45. The fraction of sp³-hybridized carbons (Fsp3) is 0.370. The highest BCUT2D eigenvalue weighted by molar-refractivity contribution is 8.04. The van der Waals surface area contributed by atoms with Gasteiger partial charge in [0.25, 0.3) is 11.8 Å². The summed E-state index contributed by atoms with van der Waals surface area (Å²) in [6.45, 7) is 7.12. The van der Waals surface area contributed by atoms with E-state index in [0.29, 0.717) is 21.9 Å². The van der Waals surface area contributed by atoms with Gasteiger partial charge in [-0.1, -0.05) is 42.3 Å². The van der Waals surface area contributed by atoms with Gasteiger partial charge >= 0.3 is 5.97 Å². The first-order valence-corrected chi connectivity index (χ1v) is 12.6. The Morgan fingerprint density at radius 1 is 0.882 bits per heavy atom. The summed E-state index contributed by atoms with van der Waals surface area (Å²) in [6.07, 6.45) is 4.03. The number of benzene rings is 2. The van der Waals surface area contributed by atoms with E-state index in [1.807, 2.05) is 31.2 Å². The SMILES string of the molecule is Cc1ccc(SC2=C(N3CCCCCC3)C(=O)N(c3ccc(C(=O)OC(C)C)cc3)C2=O)cc1. The van der Waals surface area contributed by atoms with Crippen LogP contribution in [0.5, 0.6) is 0 Å². The summed E-state index contributed by atoms with van der Waals surface area (Å²) in [7, 11) is 0. The lowest BCUT2D eigenvalue weighted by molar-refractivity contribution is -0.121. The molecule has 0 unspecified atom stereocenters. The van der Waals surface area contributed by atoms with Crippen molar-refractivity contribution in [3.63, 3.8) is 0 Å². The van der Waals surface area contributed by atoms with E-state index in [9.17, 15) is 14.4 Å². The number of imide groups is 1. The number of carbonyl (C=O) groups is 3. The lowest BCUT2D eigenvalue weighted by Gasteiger charge is -2.24. The Kier molecular flexibility index (Phi) is 7.41. The topological polar surface area (TPSA) is 66.9 Å². The Morgan fingerprint density at radius 2 is 1.50 bits per heavy atom. The summed E-state index contributed by atoms with van der Waals surface area (Å²) in [6, 6.07) is 14.4. The van der Waals surface area contributed by atoms with Crippen LogP contribution >= 0.6 is 11.8 Å². The van der Waals surface area contributed by atoms with Gasteiger partial charge in [-0.2, -0.15) is 0 Å². The standard InChI is InChI=1S/C27H30N2O4S/c1-18(2)33-27(32)20-10-12-21(13-11-20)29-25(30)23(28-16-6-4-5-7-17-28)24(26(29)31)34-22-14-8-19(3)9-15-22/h8-15,18H,4-7,16-17H2,1-3H3. The van der Waals surface area contributed by atoms with Crippen LogP contribution in [0.3, 0.4) is 0 Å². The number of hydrogen-bond donors (Lipinski definition) is 0. The molecule has 2 heterocycles. The van der Waals surface area contributed by atoms with Gasteiger partial charge in [0.2, 0.25) is 0 Å². The quantitative estimate of drug-likeness (QED) is 0.414. The molecule has 0 N–H and O–H groups in total. The maximum absolute atomic E-state index is 13.6. The average molecular weight is 479 g/mol. The zero-order valence-electron chi connectivity index (χ0n) is 19.9. The van der Waals surface area contributed by atoms with Crippen molar-refractivity contribution in [1.82, 2.24) is 4.90 Å². The van der Waals surface area contributed by atoms with Crippen molar-refractivity contribution >= 4 is 35.2 Å². The first kappa shape index (κ1) is 24.1. The minimum atomic E-state index is -0.431. The van der Waals surface area contributed by atoms with Gasteiger partial charge in [-0.15, -0.1) is 0 Å². The number of hydrogen-bond acceptors (Lipinski definition) is 6. The third kappa shape index (κ3) is 5.20. The molecular weight excluding hydrogens is 448 g/mol. The second-order valence-corrected chi connectivity index (χ2v) is 10.0. The molecule has 7 heteroatoms. The molecule has 0 bridgehead atoms. The van der Waals surface area contributed by atoms with Crippen LogP contribution in [0.4, 0.5) is 5.69 Å². The Morgan fingerprint density at radius 3 is 2.09 bits per heavy atom. The first-order chi connectivity index (χ1) is 16.3. The van der Waals surface area contributed by atoms with E-state index in [4.69, 9.17) is 4.74 Å². The molecule has 0 radical (unpaired) electrons. The number of nitrogens with zero attached hydrogens (tertiary/aromatic N) is 2. The average Bonchev–Trinajstić information content (AvgIpc) is 2.97.